The summed E-state index contributed by atoms with van der Waals surface area (Å²) in [5.41, 5.74) is 0.395. The van der Waals surface area contributed by atoms with E-state index >= 15 is 0 Å². The third-order valence-electron chi connectivity index (χ3n) is 4.38. The van der Waals surface area contributed by atoms with Gasteiger partial charge in [-0.3, -0.25) is 4.90 Å². The van der Waals surface area contributed by atoms with Crippen molar-refractivity contribution in [1.82, 2.24) is 4.90 Å². The summed E-state index contributed by atoms with van der Waals surface area (Å²) in [5.74, 6) is 0.434. The van der Waals surface area contributed by atoms with Gasteiger partial charge in [-0.25, -0.2) is 0 Å². The van der Waals surface area contributed by atoms with Gasteiger partial charge in [-0.05, 0) is 48.6 Å². The molecule has 1 aliphatic rings. The van der Waals surface area contributed by atoms with E-state index in [2.05, 4.69) is 43.2 Å². The average Bonchev–Trinajstić information content (AvgIpc) is 2.85. The largest absolute Gasteiger partial charge is 0.393 e. The first-order valence-electron chi connectivity index (χ1n) is 7.43. The second-order valence-electron chi connectivity index (χ2n) is 6.64. The molecule has 108 valence electrons. The maximum absolute atomic E-state index is 10.2. The second kappa shape index (κ2) is 6.38. The predicted octanol–water partition coefficient (Wildman–Crippen LogP) is 3.76. The van der Waals surface area contributed by atoms with Gasteiger partial charge in [0.05, 0.1) is 6.10 Å². The fourth-order valence-electron chi connectivity index (χ4n) is 3.17. The van der Waals surface area contributed by atoms with Crippen molar-refractivity contribution in [2.45, 2.75) is 52.7 Å². The molecule has 0 saturated heterocycles. The minimum Gasteiger partial charge on any atom is -0.393 e. The van der Waals surface area contributed by atoms with Gasteiger partial charge in [0.1, 0.15) is 0 Å². The smallest absolute Gasteiger partial charge is 0.0581 e. The van der Waals surface area contributed by atoms with Crippen LogP contribution in [0.1, 0.15) is 44.9 Å². The van der Waals surface area contributed by atoms with Crippen molar-refractivity contribution in [3.05, 3.63) is 22.4 Å². The molecule has 0 aromatic carbocycles. The Morgan fingerprint density at radius 1 is 1.47 bits per heavy atom. The quantitative estimate of drug-likeness (QED) is 0.888. The third kappa shape index (κ3) is 4.30. The van der Waals surface area contributed by atoms with Gasteiger partial charge in [0.2, 0.25) is 0 Å². The van der Waals surface area contributed by atoms with E-state index in [0.29, 0.717) is 11.3 Å². The molecule has 2 nitrogen and oxygen atoms in total. The molecular formula is C16H27NOS. The van der Waals surface area contributed by atoms with E-state index in [9.17, 15) is 5.11 Å². The number of nitrogens with zero attached hydrogens (tertiary/aromatic N) is 1. The highest BCUT2D eigenvalue weighted by molar-refractivity contribution is 7.09. The molecule has 2 unspecified atom stereocenters. The fourth-order valence-corrected chi connectivity index (χ4v) is 3.91. The van der Waals surface area contributed by atoms with E-state index in [0.717, 1.165) is 38.9 Å². The Morgan fingerprint density at radius 2 is 2.26 bits per heavy atom. The number of rotatable bonds is 5. The standard InChI is InChI=1S/C16H27NOS/c1-4-17(12-14-6-5-9-19-14)11-13-10-16(2,3)8-7-15(13)18/h5-6,9,13,15,18H,4,7-8,10-12H2,1-3H3. The number of aliphatic hydroxyl groups excluding tert-OH is 1. The lowest BCUT2D eigenvalue weighted by Crippen LogP contribution is -2.40. The number of thiophene rings is 1. The van der Waals surface area contributed by atoms with E-state index in [1.54, 1.807) is 0 Å². The van der Waals surface area contributed by atoms with Gasteiger partial charge in [0.25, 0.3) is 0 Å². The molecule has 0 spiro atoms. The van der Waals surface area contributed by atoms with Crippen LogP contribution in [-0.4, -0.2) is 29.2 Å². The van der Waals surface area contributed by atoms with Crippen molar-refractivity contribution in [2.75, 3.05) is 13.1 Å². The van der Waals surface area contributed by atoms with E-state index in [-0.39, 0.29) is 6.10 Å². The van der Waals surface area contributed by atoms with Crippen LogP contribution in [0.4, 0.5) is 0 Å². The Hall–Kier alpha value is -0.380. The zero-order valence-electron chi connectivity index (χ0n) is 12.4. The van der Waals surface area contributed by atoms with Gasteiger partial charge in [0, 0.05) is 18.0 Å². The minimum atomic E-state index is -0.106. The summed E-state index contributed by atoms with van der Waals surface area (Å²) in [5, 5.41) is 12.4. The first-order valence-corrected chi connectivity index (χ1v) is 8.31. The average molecular weight is 281 g/mol. The topological polar surface area (TPSA) is 23.5 Å². The molecular weight excluding hydrogens is 254 g/mol. The zero-order valence-corrected chi connectivity index (χ0v) is 13.2. The summed E-state index contributed by atoms with van der Waals surface area (Å²) in [6.07, 6.45) is 3.16. The van der Waals surface area contributed by atoms with Crippen molar-refractivity contribution in [1.29, 1.82) is 0 Å². The van der Waals surface area contributed by atoms with Crippen molar-refractivity contribution < 1.29 is 5.11 Å². The molecule has 1 heterocycles. The van der Waals surface area contributed by atoms with Crippen LogP contribution in [0, 0.1) is 11.3 Å². The lowest BCUT2D eigenvalue weighted by atomic mass is 9.70. The van der Waals surface area contributed by atoms with Crippen molar-refractivity contribution in [2.24, 2.45) is 11.3 Å². The first kappa shape index (κ1) is 15.0. The van der Waals surface area contributed by atoms with Gasteiger partial charge >= 0.3 is 0 Å². The predicted molar refractivity (Wildman–Crippen MR) is 82.4 cm³/mol. The maximum atomic E-state index is 10.2. The molecule has 2 rings (SSSR count). The van der Waals surface area contributed by atoms with Crippen LogP contribution >= 0.6 is 11.3 Å². The van der Waals surface area contributed by atoms with Gasteiger partial charge in [0.15, 0.2) is 0 Å². The van der Waals surface area contributed by atoms with Crippen LogP contribution in [0.5, 0.6) is 0 Å². The summed E-state index contributed by atoms with van der Waals surface area (Å²) in [4.78, 5) is 3.90. The Labute approximate surface area is 121 Å². The van der Waals surface area contributed by atoms with Gasteiger partial charge in [-0.2, -0.15) is 0 Å². The zero-order chi connectivity index (χ0) is 13.9. The first-order chi connectivity index (χ1) is 9.00. The summed E-state index contributed by atoms with van der Waals surface area (Å²) < 4.78 is 0. The Kier molecular flexibility index (Phi) is 5.04. The lowest BCUT2D eigenvalue weighted by Gasteiger charge is -2.40. The summed E-state index contributed by atoms with van der Waals surface area (Å²) in [6, 6.07) is 4.32. The van der Waals surface area contributed by atoms with Crippen molar-refractivity contribution >= 4 is 11.3 Å². The third-order valence-corrected chi connectivity index (χ3v) is 5.24. The van der Waals surface area contributed by atoms with Crippen LogP contribution in [0.15, 0.2) is 17.5 Å². The Bertz CT molecular complexity index is 374. The van der Waals surface area contributed by atoms with Gasteiger partial charge < -0.3 is 5.11 Å². The molecule has 1 aromatic rings. The normalized spacial score (nSPS) is 26.8. The molecule has 2 atom stereocenters. The van der Waals surface area contributed by atoms with Gasteiger partial charge in [-0.15, -0.1) is 11.3 Å². The highest BCUT2D eigenvalue weighted by Crippen LogP contribution is 2.39. The Morgan fingerprint density at radius 3 is 2.89 bits per heavy atom. The molecule has 0 bridgehead atoms. The second-order valence-corrected chi connectivity index (χ2v) is 7.67. The maximum Gasteiger partial charge on any atom is 0.0581 e. The summed E-state index contributed by atoms with van der Waals surface area (Å²) >= 11 is 1.83. The molecule has 1 aliphatic carbocycles. The van der Waals surface area contributed by atoms with E-state index in [4.69, 9.17) is 0 Å². The SMILES string of the molecule is CCN(Cc1cccs1)CC1CC(C)(C)CCC1O. The molecule has 1 saturated carbocycles. The minimum absolute atomic E-state index is 0.106. The molecule has 1 fully saturated rings. The molecule has 3 heteroatoms. The van der Waals surface area contributed by atoms with E-state index in [1.807, 2.05) is 11.3 Å². The molecule has 19 heavy (non-hydrogen) atoms. The van der Waals surface area contributed by atoms with Crippen LogP contribution < -0.4 is 0 Å². The van der Waals surface area contributed by atoms with E-state index < -0.39 is 0 Å². The number of hydrogen-bond acceptors (Lipinski definition) is 3. The number of aliphatic hydroxyl groups is 1. The molecule has 1 aromatic heterocycles. The molecule has 0 aliphatic heterocycles. The monoisotopic (exact) mass is 281 g/mol. The van der Waals surface area contributed by atoms with Crippen LogP contribution in [-0.2, 0) is 6.54 Å². The number of hydrogen-bond donors (Lipinski definition) is 1. The molecule has 1 N–H and O–H groups in total. The highest BCUT2D eigenvalue weighted by atomic mass is 32.1. The van der Waals surface area contributed by atoms with Crippen LogP contribution in [0.3, 0.4) is 0 Å². The van der Waals surface area contributed by atoms with Crippen LogP contribution in [0.2, 0.25) is 0 Å². The Balaban J connectivity index is 1.93. The fraction of sp³-hybridized carbons (Fsp3) is 0.750. The molecule has 0 amide bonds. The summed E-state index contributed by atoms with van der Waals surface area (Å²) in [7, 11) is 0. The molecule has 0 radical (unpaired) electrons. The van der Waals surface area contributed by atoms with E-state index in [1.165, 1.54) is 4.88 Å². The highest BCUT2D eigenvalue weighted by Gasteiger charge is 2.34. The lowest BCUT2D eigenvalue weighted by molar-refractivity contribution is 0.00385. The van der Waals surface area contributed by atoms with Crippen molar-refractivity contribution in [3.8, 4) is 0 Å². The summed E-state index contributed by atoms with van der Waals surface area (Å²) in [6.45, 7) is 10.00. The van der Waals surface area contributed by atoms with Gasteiger partial charge in [-0.1, -0.05) is 26.8 Å². The van der Waals surface area contributed by atoms with Crippen LogP contribution in [0.25, 0.3) is 0 Å². The van der Waals surface area contributed by atoms with Crippen molar-refractivity contribution in [3.63, 3.8) is 0 Å².